The lowest BCUT2D eigenvalue weighted by molar-refractivity contribution is 0.0283. The minimum absolute atomic E-state index is 0.150. The minimum Gasteiger partial charge on any atom is -0.493 e. The molecule has 3 aromatic rings. The van der Waals surface area contributed by atoms with Crippen molar-refractivity contribution in [1.82, 2.24) is 19.4 Å². The number of carbonyl (C=O) groups excluding carboxylic acids is 1. The highest BCUT2D eigenvalue weighted by Gasteiger charge is 2.38. The Bertz CT molecular complexity index is 1120. The van der Waals surface area contributed by atoms with Gasteiger partial charge in [-0.1, -0.05) is 32.0 Å². The number of para-hydroxylation sites is 1. The van der Waals surface area contributed by atoms with Gasteiger partial charge < -0.3 is 14.2 Å². The van der Waals surface area contributed by atoms with Crippen molar-refractivity contribution in [2.75, 3.05) is 32.8 Å². The van der Waals surface area contributed by atoms with E-state index in [1.807, 2.05) is 39.9 Å². The Morgan fingerprint density at radius 1 is 0.972 bits per heavy atom. The Hall–Kier alpha value is -3.12. The summed E-state index contributed by atoms with van der Waals surface area (Å²) in [6.45, 7) is 10.0. The number of likely N-dealkylation sites (tertiary alicyclic amines) is 2. The van der Waals surface area contributed by atoms with Gasteiger partial charge in [0.2, 0.25) is 0 Å². The van der Waals surface area contributed by atoms with Crippen molar-refractivity contribution in [3.8, 4) is 11.4 Å². The van der Waals surface area contributed by atoms with Gasteiger partial charge in [0, 0.05) is 48.8 Å². The fourth-order valence-electron chi connectivity index (χ4n) is 5.51. The topological polar surface area (TPSA) is 50.6 Å². The molecule has 2 aliphatic heterocycles. The van der Waals surface area contributed by atoms with Crippen molar-refractivity contribution in [1.29, 1.82) is 0 Å². The second kappa shape index (κ2) is 10.9. The summed E-state index contributed by atoms with van der Waals surface area (Å²) in [6, 6.07) is 16.3. The van der Waals surface area contributed by atoms with E-state index in [9.17, 15) is 4.79 Å². The highest BCUT2D eigenvalue weighted by Crippen LogP contribution is 2.42. The Labute approximate surface area is 214 Å². The quantitative estimate of drug-likeness (QED) is 0.447. The van der Waals surface area contributed by atoms with Gasteiger partial charge in [-0.25, -0.2) is 4.98 Å². The van der Waals surface area contributed by atoms with Crippen LogP contribution in [0.25, 0.3) is 5.69 Å². The van der Waals surface area contributed by atoms with Gasteiger partial charge in [-0.05, 0) is 80.4 Å². The van der Waals surface area contributed by atoms with Crippen LogP contribution in [0, 0.1) is 11.3 Å². The van der Waals surface area contributed by atoms with Gasteiger partial charge >= 0.3 is 0 Å². The molecular weight excluding hydrogens is 448 g/mol. The molecule has 0 aliphatic carbocycles. The molecule has 5 rings (SSSR count). The molecule has 6 nitrogen and oxygen atoms in total. The number of nitrogens with zero attached hydrogens (tertiary/aromatic N) is 4. The number of rotatable bonds is 7. The standard InChI is InChI=1S/C30H38N4O2/c1-24(2)22-36-28-6-4-3-5-26(28)21-32-16-11-30(12-17-32)13-18-33(19-14-30)29(35)25-7-9-27(10-8-25)34-20-15-31-23-34/h3-10,15,20,23-24H,11-14,16-19,21-22H2,1-2H3. The number of imidazole rings is 1. The van der Waals surface area contributed by atoms with Crippen molar-refractivity contribution in [2.24, 2.45) is 11.3 Å². The van der Waals surface area contributed by atoms with Gasteiger partial charge in [-0.3, -0.25) is 9.69 Å². The maximum atomic E-state index is 13.1. The number of hydrogen-bond donors (Lipinski definition) is 0. The van der Waals surface area contributed by atoms with Crippen LogP contribution in [0.5, 0.6) is 5.75 Å². The van der Waals surface area contributed by atoms with Crippen LogP contribution >= 0.6 is 0 Å². The number of aromatic nitrogens is 2. The van der Waals surface area contributed by atoms with Crippen molar-refractivity contribution in [3.05, 3.63) is 78.4 Å². The van der Waals surface area contributed by atoms with Crippen LogP contribution in [0.1, 0.15) is 55.5 Å². The second-order valence-corrected chi connectivity index (χ2v) is 10.9. The second-order valence-electron chi connectivity index (χ2n) is 10.9. The molecule has 1 amide bonds. The smallest absolute Gasteiger partial charge is 0.253 e. The van der Waals surface area contributed by atoms with Crippen molar-refractivity contribution in [2.45, 2.75) is 46.1 Å². The third kappa shape index (κ3) is 5.65. The largest absolute Gasteiger partial charge is 0.493 e. The molecule has 190 valence electrons. The summed E-state index contributed by atoms with van der Waals surface area (Å²) >= 11 is 0. The first-order valence-corrected chi connectivity index (χ1v) is 13.3. The molecular formula is C30H38N4O2. The molecule has 0 N–H and O–H groups in total. The molecule has 0 bridgehead atoms. The number of piperidine rings is 2. The Balaban J connectivity index is 1.12. The lowest BCUT2D eigenvalue weighted by Crippen LogP contribution is -2.48. The van der Waals surface area contributed by atoms with E-state index >= 15 is 0 Å². The molecule has 1 spiro atoms. The first-order valence-electron chi connectivity index (χ1n) is 13.3. The normalized spacial score (nSPS) is 18.0. The lowest BCUT2D eigenvalue weighted by atomic mass is 9.71. The summed E-state index contributed by atoms with van der Waals surface area (Å²) in [6.07, 6.45) is 10.1. The zero-order valence-corrected chi connectivity index (χ0v) is 21.6. The SMILES string of the molecule is CC(C)COc1ccccc1CN1CCC2(CC1)CCN(C(=O)c1ccc(-n3ccnc3)cc1)CC2. The van der Waals surface area contributed by atoms with Crippen LogP contribution < -0.4 is 4.74 Å². The predicted octanol–water partition coefficient (Wildman–Crippen LogP) is 5.43. The van der Waals surface area contributed by atoms with E-state index in [0.29, 0.717) is 11.3 Å². The van der Waals surface area contributed by atoms with Gasteiger partial charge in [0.1, 0.15) is 5.75 Å². The minimum atomic E-state index is 0.150. The van der Waals surface area contributed by atoms with Crippen molar-refractivity contribution < 1.29 is 9.53 Å². The Kier molecular flexibility index (Phi) is 7.42. The van der Waals surface area contributed by atoms with Gasteiger partial charge in [0.25, 0.3) is 5.91 Å². The molecule has 36 heavy (non-hydrogen) atoms. The number of amides is 1. The van der Waals surface area contributed by atoms with E-state index in [1.54, 1.807) is 12.5 Å². The van der Waals surface area contributed by atoms with Crippen LogP contribution in [0.3, 0.4) is 0 Å². The van der Waals surface area contributed by atoms with Crippen LogP contribution in [0.4, 0.5) is 0 Å². The molecule has 2 saturated heterocycles. The summed E-state index contributed by atoms with van der Waals surface area (Å²) in [5.74, 6) is 1.70. The van der Waals surface area contributed by atoms with Crippen molar-refractivity contribution in [3.63, 3.8) is 0 Å². The molecule has 1 aromatic heterocycles. The Morgan fingerprint density at radius 3 is 2.33 bits per heavy atom. The summed E-state index contributed by atoms with van der Waals surface area (Å²) in [7, 11) is 0. The molecule has 0 radical (unpaired) electrons. The molecule has 3 heterocycles. The number of hydrogen-bond acceptors (Lipinski definition) is 4. The molecule has 0 unspecified atom stereocenters. The summed E-state index contributed by atoms with van der Waals surface area (Å²) in [4.78, 5) is 21.8. The van der Waals surface area contributed by atoms with Gasteiger partial charge in [0.05, 0.1) is 12.9 Å². The molecule has 0 saturated carbocycles. The molecule has 0 atom stereocenters. The van der Waals surface area contributed by atoms with Gasteiger partial charge in [-0.15, -0.1) is 0 Å². The fraction of sp³-hybridized carbons (Fsp3) is 0.467. The van der Waals surface area contributed by atoms with Crippen molar-refractivity contribution >= 4 is 5.91 Å². The van der Waals surface area contributed by atoms with Crippen LogP contribution in [0.15, 0.2) is 67.3 Å². The summed E-state index contributed by atoms with van der Waals surface area (Å²) in [5.41, 5.74) is 3.45. The zero-order valence-electron chi connectivity index (χ0n) is 21.6. The number of ether oxygens (including phenoxy) is 1. The highest BCUT2D eigenvalue weighted by molar-refractivity contribution is 5.94. The number of carbonyl (C=O) groups is 1. The molecule has 2 fully saturated rings. The van der Waals surface area contributed by atoms with Crippen LogP contribution in [0.2, 0.25) is 0 Å². The van der Waals surface area contributed by atoms with E-state index in [2.05, 4.69) is 48.0 Å². The van der Waals surface area contributed by atoms with E-state index in [1.165, 1.54) is 18.4 Å². The third-order valence-electron chi connectivity index (χ3n) is 7.88. The first kappa shape index (κ1) is 24.6. The third-order valence-corrected chi connectivity index (χ3v) is 7.88. The summed E-state index contributed by atoms with van der Waals surface area (Å²) < 4.78 is 8.02. The lowest BCUT2D eigenvalue weighted by Gasteiger charge is -2.47. The average Bonchev–Trinajstić information content (AvgIpc) is 3.45. The average molecular weight is 487 g/mol. The summed E-state index contributed by atoms with van der Waals surface area (Å²) in [5, 5.41) is 0. The van der Waals surface area contributed by atoms with E-state index < -0.39 is 0 Å². The van der Waals surface area contributed by atoms with Crippen LogP contribution in [-0.2, 0) is 6.54 Å². The van der Waals surface area contributed by atoms with Gasteiger partial charge in [0.15, 0.2) is 0 Å². The van der Waals surface area contributed by atoms with E-state index in [-0.39, 0.29) is 5.91 Å². The maximum absolute atomic E-state index is 13.1. The monoisotopic (exact) mass is 486 g/mol. The highest BCUT2D eigenvalue weighted by atomic mass is 16.5. The zero-order chi connectivity index (χ0) is 25.0. The van der Waals surface area contributed by atoms with E-state index in [0.717, 1.165) is 69.2 Å². The predicted molar refractivity (Wildman–Crippen MR) is 142 cm³/mol. The molecule has 2 aliphatic rings. The molecule has 6 heteroatoms. The van der Waals surface area contributed by atoms with Crippen LogP contribution in [-0.4, -0.2) is 58.0 Å². The van der Waals surface area contributed by atoms with Gasteiger partial charge in [-0.2, -0.15) is 0 Å². The number of benzene rings is 2. The molecule has 2 aromatic carbocycles. The maximum Gasteiger partial charge on any atom is 0.253 e. The Morgan fingerprint density at radius 2 is 1.67 bits per heavy atom. The fourth-order valence-corrected chi connectivity index (χ4v) is 5.51. The van der Waals surface area contributed by atoms with E-state index in [4.69, 9.17) is 4.74 Å². The first-order chi connectivity index (χ1) is 17.5.